The predicted molar refractivity (Wildman–Crippen MR) is 79.0 cm³/mol. The van der Waals surface area contributed by atoms with Gasteiger partial charge in [-0.05, 0) is 24.6 Å². The largest absolute Gasteiger partial charge is 0.409 e. The maximum absolute atomic E-state index is 11.8. The van der Waals surface area contributed by atoms with Crippen molar-refractivity contribution < 1.29 is 13.6 Å². The highest BCUT2D eigenvalue weighted by atomic mass is 79.9. The first-order chi connectivity index (χ1) is 8.89. The summed E-state index contributed by atoms with van der Waals surface area (Å²) in [6, 6.07) is 4.81. The number of nitrogens with zero attached hydrogens (tertiary/aromatic N) is 1. The van der Waals surface area contributed by atoms with Crippen molar-refractivity contribution in [2.75, 3.05) is 10.5 Å². The van der Waals surface area contributed by atoms with Crippen molar-refractivity contribution in [1.29, 1.82) is 0 Å². The van der Waals surface area contributed by atoms with Crippen LogP contribution >= 0.6 is 15.9 Å². The van der Waals surface area contributed by atoms with Crippen LogP contribution in [0.2, 0.25) is 0 Å². The average molecular weight is 350 g/mol. The van der Waals surface area contributed by atoms with Gasteiger partial charge in [-0.3, -0.25) is 4.72 Å². The minimum Gasteiger partial charge on any atom is -0.409 e. The lowest BCUT2D eigenvalue weighted by molar-refractivity contribution is 0.318. The Bertz CT molecular complexity index is 573. The molecule has 4 N–H and O–H groups in total. The van der Waals surface area contributed by atoms with Gasteiger partial charge in [0.15, 0.2) is 5.84 Å². The zero-order valence-corrected chi connectivity index (χ0v) is 12.8. The Kier molecular flexibility index (Phi) is 5.61. The highest BCUT2D eigenvalue weighted by molar-refractivity contribution is 9.10. The van der Waals surface area contributed by atoms with Gasteiger partial charge in [0.05, 0.1) is 11.4 Å². The molecule has 0 bridgehead atoms. The quantitative estimate of drug-likeness (QED) is 0.316. The van der Waals surface area contributed by atoms with Crippen LogP contribution in [0.1, 0.15) is 25.3 Å². The number of nitrogens with one attached hydrogen (secondary N) is 1. The van der Waals surface area contributed by atoms with Gasteiger partial charge in [0, 0.05) is 10.0 Å². The van der Waals surface area contributed by atoms with E-state index in [0.29, 0.717) is 16.5 Å². The van der Waals surface area contributed by atoms with Crippen molar-refractivity contribution in [3.63, 3.8) is 0 Å². The first-order valence-corrected chi connectivity index (χ1v) is 8.12. The van der Waals surface area contributed by atoms with Crippen molar-refractivity contribution in [3.8, 4) is 0 Å². The van der Waals surface area contributed by atoms with Gasteiger partial charge in [-0.2, -0.15) is 0 Å². The first kappa shape index (κ1) is 15.8. The lowest BCUT2D eigenvalue weighted by atomic mass is 10.2. The summed E-state index contributed by atoms with van der Waals surface area (Å²) in [6.07, 6.45) is 1.36. The number of hydrogen-bond acceptors (Lipinski definition) is 4. The van der Waals surface area contributed by atoms with Gasteiger partial charge in [0.2, 0.25) is 10.0 Å². The number of anilines is 1. The molecule has 0 heterocycles. The number of unbranched alkanes of at least 4 members (excludes halogenated alkanes) is 1. The fourth-order valence-corrected chi connectivity index (χ4v) is 3.07. The molecule has 8 heteroatoms. The standard InChI is InChI=1S/C11H16BrN3O3S/c1-2-3-6-19(17,18)15-10-5-4-8(12)7-9(10)11(13)14-16/h4-5,7,15-16H,2-3,6H2,1H3,(H2,13,14). The molecule has 106 valence electrons. The highest BCUT2D eigenvalue weighted by Gasteiger charge is 2.14. The number of sulfonamides is 1. The summed E-state index contributed by atoms with van der Waals surface area (Å²) in [4.78, 5) is 0. The van der Waals surface area contributed by atoms with Crippen LogP contribution in [0.25, 0.3) is 0 Å². The van der Waals surface area contributed by atoms with E-state index in [-0.39, 0.29) is 17.3 Å². The molecule has 1 rings (SSSR count). The maximum Gasteiger partial charge on any atom is 0.232 e. The predicted octanol–water partition coefficient (Wildman–Crippen LogP) is 2.09. The summed E-state index contributed by atoms with van der Waals surface area (Å²) in [5.41, 5.74) is 6.13. The monoisotopic (exact) mass is 349 g/mol. The smallest absolute Gasteiger partial charge is 0.232 e. The molecule has 0 aliphatic carbocycles. The topological polar surface area (TPSA) is 105 Å². The average Bonchev–Trinajstić information content (AvgIpc) is 2.37. The molecule has 1 aromatic rings. The summed E-state index contributed by atoms with van der Waals surface area (Å²) in [6.45, 7) is 1.91. The Hall–Kier alpha value is -1.28. The summed E-state index contributed by atoms with van der Waals surface area (Å²) in [5.74, 6) is -0.121. The van der Waals surface area contributed by atoms with Crippen molar-refractivity contribution in [2.24, 2.45) is 10.9 Å². The second kappa shape index (κ2) is 6.76. The van der Waals surface area contributed by atoms with Crippen LogP contribution in [0.4, 0.5) is 5.69 Å². The highest BCUT2D eigenvalue weighted by Crippen LogP contribution is 2.22. The van der Waals surface area contributed by atoms with Crippen LogP contribution in [0.3, 0.4) is 0 Å². The number of halogens is 1. The summed E-state index contributed by atoms with van der Waals surface area (Å²) < 4.78 is 26.8. The van der Waals surface area contributed by atoms with Crippen molar-refractivity contribution in [1.82, 2.24) is 0 Å². The van der Waals surface area contributed by atoms with E-state index in [1.165, 1.54) is 0 Å². The van der Waals surface area contributed by atoms with Gasteiger partial charge < -0.3 is 10.9 Å². The molecule has 1 aromatic carbocycles. The molecule has 0 atom stereocenters. The Morgan fingerprint density at radius 1 is 1.53 bits per heavy atom. The third-order valence-electron chi connectivity index (χ3n) is 2.40. The molecule has 6 nitrogen and oxygen atoms in total. The van der Waals surface area contributed by atoms with Crippen molar-refractivity contribution in [3.05, 3.63) is 28.2 Å². The molecule has 19 heavy (non-hydrogen) atoms. The number of oxime groups is 1. The van der Waals surface area contributed by atoms with E-state index in [1.807, 2.05) is 6.92 Å². The third-order valence-corrected chi connectivity index (χ3v) is 4.25. The van der Waals surface area contributed by atoms with Crippen LogP contribution in [-0.4, -0.2) is 25.2 Å². The van der Waals surface area contributed by atoms with Crippen molar-refractivity contribution >= 4 is 37.5 Å². The van der Waals surface area contributed by atoms with Crippen LogP contribution < -0.4 is 10.5 Å². The fourth-order valence-electron chi connectivity index (χ4n) is 1.42. The summed E-state index contributed by atoms with van der Waals surface area (Å²) >= 11 is 3.25. The number of nitrogens with two attached hydrogens (primary N) is 1. The first-order valence-electron chi connectivity index (χ1n) is 5.67. The van der Waals surface area contributed by atoms with Gasteiger partial charge in [-0.25, -0.2) is 8.42 Å². The fraction of sp³-hybridized carbons (Fsp3) is 0.364. The number of benzene rings is 1. The minimum absolute atomic E-state index is 0.0369. The molecule has 0 unspecified atom stereocenters. The molecule has 0 fully saturated rings. The lowest BCUT2D eigenvalue weighted by Gasteiger charge is -2.12. The second-order valence-corrected chi connectivity index (χ2v) is 6.71. The van der Waals surface area contributed by atoms with Crippen LogP contribution in [-0.2, 0) is 10.0 Å². The molecule has 0 aliphatic heterocycles. The van der Waals surface area contributed by atoms with Gasteiger partial charge in [0.25, 0.3) is 0 Å². The van der Waals surface area contributed by atoms with E-state index < -0.39 is 10.0 Å². The molecular formula is C11H16BrN3O3S. The molecule has 0 aliphatic rings. The zero-order valence-electron chi connectivity index (χ0n) is 10.4. The SMILES string of the molecule is CCCCS(=O)(=O)Nc1ccc(Br)cc1/C(N)=N/O. The van der Waals surface area contributed by atoms with Crippen molar-refractivity contribution in [2.45, 2.75) is 19.8 Å². The van der Waals surface area contributed by atoms with E-state index in [1.54, 1.807) is 18.2 Å². The van der Waals surface area contributed by atoms with E-state index in [9.17, 15) is 8.42 Å². The molecule has 0 radical (unpaired) electrons. The van der Waals surface area contributed by atoms with Crippen LogP contribution in [0.15, 0.2) is 27.8 Å². The number of amidine groups is 1. The van der Waals surface area contributed by atoms with Gasteiger partial charge >= 0.3 is 0 Å². The maximum atomic E-state index is 11.8. The molecule has 0 amide bonds. The molecule has 0 saturated heterocycles. The summed E-state index contributed by atoms with van der Waals surface area (Å²) in [7, 11) is -3.43. The van der Waals surface area contributed by atoms with Crippen LogP contribution in [0, 0.1) is 0 Å². The van der Waals surface area contributed by atoms with Gasteiger partial charge in [0.1, 0.15) is 0 Å². The molecule has 0 spiro atoms. The molecule has 0 saturated carbocycles. The second-order valence-electron chi connectivity index (χ2n) is 3.95. The Morgan fingerprint density at radius 2 is 2.21 bits per heavy atom. The molecular weight excluding hydrogens is 334 g/mol. The number of rotatable bonds is 6. The van der Waals surface area contributed by atoms with Gasteiger partial charge in [-0.15, -0.1) is 0 Å². The van der Waals surface area contributed by atoms with E-state index in [4.69, 9.17) is 10.9 Å². The molecule has 0 aromatic heterocycles. The minimum atomic E-state index is -3.43. The van der Waals surface area contributed by atoms with E-state index in [0.717, 1.165) is 6.42 Å². The third kappa shape index (κ3) is 4.71. The van der Waals surface area contributed by atoms with E-state index >= 15 is 0 Å². The normalized spacial score (nSPS) is 12.4. The van der Waals surface area contributed by atoms with Crippen LogP contribution in [0.5, 0.6) is 0 Å². The Balaban J connectivity index is 3.08. The lowest BCUT2D eigenvalue weighted by Crippen LogP contribution is -2.21. The Labute approximate surface area is 120 Å². The van der Waals surface area contributed by atoms with Gasteiger partial charge in [-0.1, -0.05) is 34.4 Å². The Morgan fingerprint density at radius 3 is 2.79 bits per heavy atom. The zero-order chi connectivity index (χ0) is 14.5. The van der Waals surface area contributed by atoms with E-state index in [2.05, 4.69) is 25.8 Å². The number of hydrogen-bond donors (Lipinski definition) is 3. The summed E-state index contributed by atoms with van der Waals surface area (Å²) in [5, 5.41) is 11.6.